The second kappa shape index (κ2) is 19.6. The van der Waals surface area contributed by atoms with Crippen LogP contribution in [-0.2, 0) is 0 Å². The molecule has 28 heavy (non-hydrogen) atoms. The Hall–Kier alpha value is -0.680. The molecule has 0 radical (unpaired) electrons. The van der Waals surface area contributed by atoms with Crippen LogP contribution in [0.5, 0.6) is 0 Å². The molecule has 0 aromatic heterocycles. The second-order valence-corrected chi connectivity index (χ2v) is 8.14. The Morgan fingerprint density at radius 3 is 1.39 bits per heavy atom. The van der Waals surface area contributed by atoms with Crippen LogP contribution in [0, 0.1) is 0 Å². The van der Waals surface area contributed by atoms with Crippen LogP contribution in [-0.4, -0.2) is 58.7 Å². The highest BCUT2D eigenvalue weighted by atomic mass is 16.3. The molecule has 0 saturated heterocycles. The van der Waals surface area contributed by atoms with Gasteiger partial charge in [-0.2, -0.15) is 0 Å². The van der Waals surface area contributed by atoms with Crippen LogP contribution < -0.4 is 0 Å². The molecular formula is C24H47NO3. The van der Waals surface area contributed by atoms with Gasteiger partial charge in [-0.1, -0.05) is 50.7 Å². The largest absolute Gasteiger partial charge is 0.396 e. The average molecular weight is 398 g/mol. The van der Waals surface area contributed by atoms with Crippen molar-refractivity contribution in [2.24, 2.45) is 0 Å². The molecule has 0 rings (SSSR count). The van der Waals surface area contributed by atoms with Crippen molar-refractivity contribution in [1.29, 1.82) is 0 Å². The van der Waals surface area contributed by atoms with Crippen molar-refractivity contribution in [3.63, 3.8) is 0 Å². The minimum absolute atomic E-state index is 0.304. The van der Waals surface area contributed by atoms with Gasteiger partial charge in [-0.25, -0.2) is 0 Å². The van der Waals surface area contributed by atoms with Crippen LogP contribution >= 0.6 is 0 Å². The summed E-state index contributed by atoms with van der Waals surface area (Å²) in [6.45, 7) is 11.5. The number of hydrogen-bond acceptors (Lipinski definition) is 4. The summed E-state index contributed by atoms with van der Waals surface area (Å²) in [6.07, 6.45) is 17.9. The van der Waals surface area contributed by atoms with Crippen molar-refractivity contribution in [1.82, 2.24) is 4.90 Å². The van der Waals surface area contributed by atoms with Crippen molar-refractivity contribution >= 4 is 0 Å². The van der Waals surface area contributed by atoms with Gasteiger partial charge in [0.2, 0.25) is 0 Å². The van der Waals surface area contributed by atoms with Gasteiger partial charge in [0.25, 0.3) is 0 Å². The molecule has 0 aliphatic rings. The van der Waals surface area contributed by atoms with Crippen LogP contribution in [0.15, 0.2) is 25.3 Å². The first-order valence-corrected chi connectivity index (χ1v) is 11.5. The zero-order chi connectivity index (χ0) is 20.9. The topological polar surface area (TPSA) is 63.9 Å². The highest BCUT2D eigenvalue weighted by Gasteiger charge is 2.22. The molecule has 4 heteroatoms. The van der Waals surface area contributed by atoms with Crippen LogP contribution in [0.2, 0.25) is 0 Å². The van der Waals surface area contributed by atoms with Crippen LogP contribution in [0.3, 0.4) is 0 Å². The standard InChI is InChI=1S/C24H47NO3/c1-3-16-24(28,17-4-2)18-10-9-13-21-25(19-11-5-7-14-22-26)20-12-6-8-15-23-27/h3-4,26-28H,1-2,5-23H2. The molecule has 0 spiro atoms. The van der Waals surface area contributed by atoms with Crippen LogP contribution in [0.4, 0.5) is 0 Å². The Kier molecular flexibility index (Phi) is 19.2. The number of aliphatic hydroxyl groups is 3. The highest BCUT2D eigenvalue weighted by Crippen LogP contribution is 2.24. The van der Waals surface area contributed by atoms with Gasteiger partial charge in [0.15, 0.2) is 0 Å². The van der Waals surface area contributed by atoms with E-state index in [0.29, 0.717) is 26.1 Å². The molecule has 0 aromatic carbocycles. The monoisotopic (exact) mass is 397 g/mol. The minimum Gasteiger partial charge on any atom is -0.396 e. The SMILES string of the molecule is C=CCC(O)(CC=C)CCCCCN(CCCCCCO)CCCCCCO. The first-order valence-electron chi connectivity index (χ1n) is 11.5. The summed E-state index contributed by atoms with van der Waals surface area (Å²) >= 11 is 0. The van der Waals surface area contributed by atoms with Gasteiger partial charge in [-0.15, -0.1) is 13.2 Å². The maximum atomic E-state index is 10.6. The van der Waals surface area contributed by atoms with Gasteiger partial charge in [-0.3, -0.25) is 0 Å². The fourth-order valence-electron chi connectivity index (χ4n) is 3.73. The van der Waals surface area contributed by atoms with Crippen molar-refractivity contribution in [3.05, 3.63) is 25.3 Å². The maximum absolute atomic E-state index is 10.6. The summed E-state index contributed by atoms with van der Waals surface area (Å²) in [7, 11) is 0. The summed E-state index contributed by atoms with van der Waals surface area (Å²) in [5.74, 6) is 0. The summed E-state index contributed by atoms with van der Waals surface area (Å²) in [6, 6.07) is 0. The third kappa shape index (κ3) is 16.3. The van der Waals surface area contributed by atoms with E-state index in [1.165, 1.54) is 32.1 Å². The Morgan fingerprint density at radius 2 is 1.00 bits per heavy atom. The molecule has 0 amide bonds. The van der Waals surface area contributed by atoms with E-state index >= 15 is 0 Å². The highest BCUT2D eigenvalue weighted by molar-refractivity contribution is 4.91. The Balaban J connectivity index is 4.11. The molecule has 0 fully saturated rings. The molecule has 0 aromatic rings. The van der Waals surface area contributed by atoms with Gasteiger partial charge in [-0.05, 0) is 71.0 Å². The lowest BCUT2D eigenvalue weighted by Gasteiger charge is -2.26. The van der Waals surface area contributed by atoms with Crippen molar-refractivity contribution in [2.45, 2.75) is 95.5 Å². The van der Waals surface area contributed by atoms with E-state index < -0.39 is 5.60 Å². The van der Waals surface area contributed by atoms with E-state index in [-0.39, 0.29) is 0 Å². The number of hydrogen-bond donors (Lipinski definition) is 3. The van der Waals surface area contributed by atoms with Crippen LogP contribution in [0.1, 0.15) is 89.9 Å². The second-order valence-electron chi connectivity index (χ2n) is 8.14. The maximum Gasteiger partial charge on any atom is 0.0716 e. The molecular weight excluding hydrogens is 350 g/mol. The van der Waals surface area contributed by atoms with E-state index in [0.717, 1.165) is 64.6 Å². The van der Waals surface area contributed by atoms with Crippen LogP contribution in [0.25, 0.3) is 0 Å². The quantitative estimate of drug-likeness (QED) is 0.181. The number of rotatable bonds is 22. The van der Waals surface area contributed by atoms with E-state index in [2.05, 4.69) is 18.1 Å². The molecule has 0 aliphatic carbocycles. The lowest BCUT2D eigenvalue weighted by molar-refractivity contribution is 0.0346. The molecule has 0 aliphatic heterocycles. The molecule has 0 saturated carbocycles. The number of unbranched alkanes of at least 4 members (excludes halogenated alkanes) is 8. The lowest BCUT2D eigenvalue weighted by atomic mass is 9.89. The lowest BCUT2D eigenvalue weighted by Crippen LogP contribution is -2.28. The zero-order valence-electron chi connectivity index (χ0n) is 18.3. The van der Waals surface area contributed by atoms with E-state index in [9.17, 15) is 5.11 Å². The molecule has 0 unspecified atom stereocenters. The average Bonchev–Trinajstić information content (AvgIpc) is 2.67. The summed E-state index contributed by atoms with van der Waals surface area (Å²) in [5.41, 5.74) is -0.664. The molecule has 3 N–H and O–H groups in total. The van der Waals surface area contributed by atoms with Gasteiger partial charge in [0, 0.05) is 13.2 Å². The van der Waals surface area contributed by atoms with Crippen molar-refractivity contribution < 1.29 is 15.3 Å². The number of nitrogens with zero attached hydrogens (tertiary/aromatic N) is 1. The predicted octanol–water partition coefficient (Wildman–Crippen LogP) is 4.84. The van der Waals surface area contributed by atoms with Crippen molar-refractivity contribution in [3.8, 4) is 0 Å². The fourth-order valence-corrected chi connectivity index (χ4v) is 3.73. The van der Waals surface area contributed by atoms with Gasteiger partial charge in [0.05, 0.1) is 5.60 Å². The Labute approximate surface area is 174 Å². The summed E-state index contributed by atoms with van der Waals surface area (Å²) in [4.78, 5) is 2.58. The van der Waals surface area contributed by atoms with Gasteiger partial charge in [0.1, 0.15) is 0 Å². The smallest absolute Gasteiger partial charge is 0.0716 e. The first-order chi connectivity index (χ1) is 13.6. The first kappa shape index (κ1) is 27.3. The van der Waals surface area contributed by atoms with E-state index in [4.69, 9.17) is 10.2 Å². The summed E-state index contributed by atoms with van der Waals surface area (Å²) < 4.78 is 0. The molecule has 4 nitrogen and oxygen atoms in total. The molecule has 166 valence electrons. The normalized spacial score (nSPS) is 11.9. The van der Waals surface area contributed by atoms with Gasteiger partial charge < -0.3 is 20.2 Å². The minimum atomic E-state index is -0.664. The molecule has 0 bridgehead atoms. The third-order valence-corrected chi connectivity index (χ3v) is 5.43. The Morgan fingerprint density at radius 1 is 0.607 bits per heavy atom. The van der Waals surface area contributed by atoms with Crippen molar-refractivity contribution in [2.75, 3.05) is 32.8 Å². The zero-order valence-corrected chi connectivity index (χ0v) is 18.3. The van der Waals surface area contributed by atoms with E-state index in [1.54, 1.807) is 12.2 Å². The van der Waals surface area contributed by atoms with Gasteiger partial charge >= 0.3 is 0 Å². The molecule has 0 atom stereocenters. The fraction of sp³-hybridized carbons (Fsp3) is 0.833. The third-order valence-electron chi connectivity index (χ3n) is 5.43. The Bertz CT molecular complexity index is 336. The van der Waals surface area contributed by atoms with E-state index in [1.807, 2.05) is 0 Å². The molecule has 0 heterocycles. The predicted molar refractivity (Wildman–Crippen MR) is 121 cm³/mol. The number of aliphatic hydroxyl groups excluding tert-OH is 2. The summed E-state index contributed by atoms with van der Waals surface area (Å²) in [5, 5.41) is 28.4.